The van der Waals surface area contributed by atoms with Gasteiger partial charge < -0.3 is 14.8 Å². The van der Waals surface area contributed by atoms with Crippen LogP contribution in [0, 0.1) is 0 Å². The summed E-state index contributed by atoms with van der Waals surface area (Å²) in [6, 6.07) is 10.1. The lowest BCUT2D eigenvalue weighted by Gasteiger charge is -2.29. The summed E-state index contributed by atoms with van der Waals surface area (Å²) in [5, 5.41) is 2.85. The summed E-state index contributed by atoms with van der Waals surface area (Å²) >= 11 is 0. The predicted molar refractivity (Wildman–Crippen MR) is 115 cm³/mol. The van der Waals surface area contributed by atoms with Crippen LogP contribution in [-0.4, -0.2) is 42.9 Å². The molecule has 1 fully saturated rings. The molecule has 1 heterocycles. The monoisotopic (exact) mass is 422 g/mol. The molecule has 7 nitrogen and oxygen atoms in total. The summed E-state index contributed by atoms with van der Waals surface area (Å²) in [5.74, 6) is 0.406. The number of imide groups is 1. The van der Waals surface area contributed by atoms with E-state index in [0.29, 0.717) is 28.2 Å². The Kier molecular flexibility index (Phi) is 5.93. The van der Waals surface area contributed by atoms with E-state index in [9.17, 15) is 14.4 Å². The van der Waals surface area contributed by atoms with Gasteiger partial charge in [-0.25, -0.2) is 0 Å². The second-order valence-corrected chi connectivity index (χ2v) is 7.94. The number of fused-ring (bicyclic) bond motifs is 1. The largest absolute Gasteiger partial charge is 0.497 e. The highest BCUT2D eigenvalue weighted by Crippen LogP contribution is 2.31. The number of carbonyl (C=O) groups is 3. The van der Waals surface area contributed by atoms with Crippen molar-refractivity contribution in [2.75, 3.05) is 14.2 Å². The lowest BCUT2D eigenvalue weighted by Crippen LogP contribution is -2.40. The third-order valence-electron chi connectivity index (χ3n) is 5.98. The van der Waals surface area contributed by atoms with E-state index in [2.05, 4.69) is 5.32 Å². The number of ether oxygens (including phenoxy) is 2. The molecule has 0 saturated heterocycles. The van der Waals surface area contributed by atoms with Crippen LogP contribution in [0.1, 0.15) is 68.7 Å². The van der Waals surface area contributed by atoms with Crippen LogP contribution < -0.4 is 14.8 Å². The van der Waals surface area contributed by atoms with Crippen molar-refractivity contribution in [1.82, 2.24) is 10.2 Å². The van der Waals surface area contributed by atoms with Gasteiger partial charge in [0, 0.05) is 24.2 Å². The Hall–Kier alpha value is -3.35. The van der Waals surface area contributed by atoms with Gasteiger partial charge in [0.05, 0.1) is 25.3 Å². The zero-order chi connectivity index (χ0) is 22.0. The predicted octanol–water partition coefficient (Wildman–Crippen LogP) is 3.56. The Balaban J connectivity index is 1.49. The minimum absolute atomic E-state index is 0.0403. The van der Waals surface area contributed by atoms with Crippen LogP contribution in [-0.2, 0) is 6.54 Å². The fourth-order valence-corrected chi connectivity index (χ4v) is 4.32. The van der Waals surface area contributed by atoms with Crippen molar-refractivity contribution < 1.29 is 23.9 Å². The van der Waals surface area contributed by atoms with Gasteiger partial charge in [-0.1, -0.05) is 19.3 Å². The zero-order valence-corrected chi connectivity index (χ0v) is 17.8. The molecule has 3 amide bonds. The van der Waals surface area contributed by atoms with Crippen molar-refractivity contribution in [3.05, 3.63) is 58.7 Å². The molecule has 1 aliphatic carbocycles. The lowest BCUT2D eigenvalue weighted by atomic mass is 9.94. The highest BCUT2D eigenvalue weighted by Gasteiger charge is 2.40. The van der Waals surface area contributed by atoms with Crippen molar-refractivity contribution in [2.45, 2.75) is 44.7 Å². The first kappa shape index (κ1) is 20.9. The van der Waals surface area contributed by atoms with E-state index in [1.165, 1.54) is 11.0 Å². The third kappa shape index (κ3) is 4.13. The van der Waals surface area contributed by atoms with Crippen LogP contribution in [0.25, 0.3) is 0 Å². The standard InChI is InChI=1S/C24H26N2O5/c1-30-18-10-15(11-19(13-18)31-2)14-25-22(27)16-8-9-20-21(12-16)24(29)26(23(20)28)17-6-4-3-5-7-17/h8-13,17H,3-7,14H2,1-2H3,(H,25,27). The molecule has 1 N–H and O–H groups in total. The van der Waals surface area contributed by atoms with Gasteiger partial charge in [0.2, 0.25) is 0 Å². The Morgan fingerprint density at radius 1 is 0.935 bits per heavy atom. The molecular weight excluding hydrogens is 396 g/mol. The summed E-state index contributed by atoms with van der Waals surface area (Å²) in [6.07, 6.45) is 4.90. The molecule has 1 aliphatic heterocycles. The summed E-state index contributed by atoms with van der Waals surface area (Å²) in [6.45, 7) is 0.268. The average molecular weight is 422 g/mol. The second kappa shape index (κ2) is 8.79. The molecule has 1 saturated carbocycles. The maximum absolute atomic E-state index is 12.9. The minimum Gasteiger partial charge on any atom is -0.497 e. The number of hydrogen-bond donors (Lipinski definition) is 1. The Morgan fingerprint density at radius 2 is 1.58 bits per heavy atom. The van der Waals surface area contributed by atoms with Gasteiger partial charge in [0.15, 0.2) is 0 Å². The minimum atomic E-state index is -0.319. The first-order chi connectivity index (χ1) is 15.0. The van der Waals surface area contributed by atoms with Gasteiger partial charge in [-0.15, -0.1) is 0 Å². The molecule has 162 valence electrons. The van der Waals surface area contributed by atoms with E-state index in [4.69, 9.17) is 9.47 Å². The first-order valence-electron chi connectivity index (χ1n) is 10.5. The quantitative estimate of drug-likeness (QED) is 0.720. The summed E-state index contributed by atoms with van der Waals surface area (Å²) < 4.78 is 10.5. The smallest absolute Gasteiger partial charge is 0.261 e. The number of rotatable bonds is 6. The van der Waals surface area contributed by atoms with E-state index in [0.717, 1.165) is 37.7 Å². The molecule has 0 radical (unpaired) electrons. The number of nitrogens with one attached hydrogen (secondary N) is 1. The number of hydrogen-bond acceptors (Lipinski definition) is 5. The second-order valence-electron chi connectivity index (χ2n) is 7.94. The lowest BCUT2D eigenvalue weighted by molar-refractivity contribution is 0.0548. The Morgan fingerprint density at radius 3 is 2.23 bits per heavy atom. The number of benzene rings is 2. The number of carbonyl (C=O) groups excluding carboxylic acids is 3. The molecule has 2 aromatic rings. The van der Waals surface area contributed by atoms with Crippen molar-refractivity contribution in [3.8, 4) is 11.5 Å². The maximum Gasteiger partial charge on any atom is 0.261 e. The molecule has 0 unspecified atom stereocenters. The average Bonchev–Trinajstić information content (AvgIpc) is 3.07. The van der Waals surface area contributed by atoms with Crippen LogP contribution >= 0.6 is 0 Å². The molecule has 2 aliphatic rings. The van der Waals surface area contributed by atoms with E-state index in [1.54, 1.807) is 32.4 Å². The van der Waals surface area contributed by atoms with E-state index in [-0.39, 0.29) is 30.3 Å². The Labute approximate surface area is 181 Å². The van der Waals surface area contributed by atoms with Crippen LogP contribution in [0.3, 0.4) is 0 Å². The van der Waals surface area contributed by atoms with Crippen LogP contribution in [0.5, 0.6) is 11.5 Å². The van der Waals surface area contributed by atoms with Crippen molar-refractivity contribution in [1.29, 1.82) is 0 Å². The van der Waals surface area contributed by atoms with Crippen LogP contribution in [0.15, 0.2) is 36.4 Å². The molecular formula is C24H26N2O5. The maximum atomic E-state index is 12.9. The molecule has 4 rings (SSSR count). The molecule has 0 bridgehead atoms. The molecule has 0 spiro atoms. The fourth-order valence-electron chi connectivity index (χ4n) is 4.32. The van der Waals surface area contributed by atoms with Gasteiger partial charge in [-0.3, -0.25) is 19.3 Å². The number of amides is 3. The van der Waals surface area contributed by atoms with E-state index >= 15 is 0 Å². The fraction of sp³-hybridized carbons (Fsp3) is 0.375. The highest BCUT2D eigenvalue weighted by atomic mass is 16.5. The van der Waals surface area contributed by atoms with Crippen molar-refractivity contribution in [3.63, 3.8) is 0 Å². The topological polar surface area (TPSA) is 84.9 Å². The molecule has 31 heavy (non-hydrogen) atoms. The van der Waals surface area contributed by atoms with Gasteiger partial charge >= 0.3 is 0 Å². The molecule has 7 heteroatoms. The van der Waals surface area contributed by atoms with Gasteiger partial charge in [0.25, 0.3) is 17.7 Å². The van der Waals surface area contributed by atoms with E-state index < -0.39 is 0 Å². The number of nitrogens with zero attached hydrogens (tertiary/aromatic N) is 1. The van der Waals surface area contributed by atoms with Gasteiger partial charge in [0.1, 0.15) is 11.5 Å². The Bertz CT molecular complexity index is 1000. The van der Waals surface area contributed by atoms with Gasteiger partial charge in [-0.05, 0) is 48.7 Å². The zero-order valence-electron chi connectivity index (χ0n) is 17.8. The van der Waals surface area contributed by atoms with Crippen LogP contribution in [0.2, 0.25) is 0 Å². The summed E-state index contributed by atoms with van der Waals surface area (Å²) in [5.41, 5.74) is 1.86. The SMILES string of the molecule is COc1cc(CNC(=O)c2ccc3c(c2)C(=O)N(C2CCCCC2)C3=O)cc(OC)c1. The first-order valence-corrected chi connectivity index (χ1v) is 10.5. The third-order valence-corrected chi connectivity index (χ3v) is 5.98. The molecule has 0 atom stereocenters. The normalized spacial score (nSPS) is 16.3. The van der Waals surface area contributed by atoms with Crippen LogP contribution in [0.4, 0.5) is 0 Å². The molecule has 0 aromatic heterocycles. The summed E-state index contributed by atoms with van der Waals surface area (Å²) in [4.78, 5) is 39.9. The van der Waals surface area contributed by atoms with Crippen molar-refractivity contribution in [2.24, 2.45) is 0 Å². The highest BCUT2D eigenvalue weighted by molar-refractivity contribution is 6.22. The summed E-state index contributed by atoms with van der Waals surface area (Å²) in [7, 11) is 3.13. The van der Waals surface area contributed by atoms with Gasteiger partial charge in [-0.2, -0.15) is 0 Å². The van der Waals surface area contributed by atoms with Crippen molar-refractivity contribution >= 4 is 17.7 Å². The van der Waals surface area contributed by atoms with E-state index in [1.807, 2.05) is 12.1 Å². The number of methoxy groups -OCH3 is 2. The molecule has 2 aromatic carbocycles.